The van der Waals surface area contributed by atoms with Gasteiger partial charge < -0.3 is 0 Å². The summed E-state index contributed by atoms with van der Waals surface area (Å²) in [6, 6.07) is 10.2. The molecule has 0 atom stereocenters. The minimum absolute atomic E-state index is 0.871. The van der Waals surface area contributed by atoms with E-state index in [1.165, 1.54) is 10.9 Å². The average molecular weight is 248 g/mol. The summed E-state index contributed by atoms with van der Waals surface area (Å²) < 4.78 is 0. The summed E-state index contributed by atoms with van der Waals surface area (Å²) in [6.45, 7) is 0. The Hall–Kier alpha value is -1.15. The first kappa shape index (κ1) is 9.41. The molecule has 0 saturated heterocycles. The summed E-state index contributed by atoms with van der Waals surface area (Å²) in [7, 11) is 0. The topological polar surface area (TPSA) is 12.9 Å². The lowest BCUT2D eigenvalue weighted by Gasteiger charge is -1.99. The molecule has 0 saturated carbocycles. The highest BCUT2D eigenvalue weighted by Gasteiger charge is 1.96. The van der Waals surface area contributed by atoms with Gasteiger partial charge in [0.05, 0.1) is 5.52 Å². The van der Waals surface area contributed by atoms with Crippen molar-refractivity contribution in [2.75, 3.05) is 5.33 Å². The smallest absolute Gasteiger partial charge is 0.0774 e. The van der Waals surface area contributed by atoms with Crippen LogP contribution < -0.4 is 0 Å². The highest BCUT2D eigenvalue weighted by molar-refractivity contribution is 9.09. The number of rotatable bonds is 2. The van der Waals surface area contributed by atoms with Crippen molar-refractivity contribution in [2.24, 2.45) is 0 Å². The van der Waals surface area contributed by atoms with E-state index in [0.29, 0.717) is 0 Å². The van der Waals surface area contributed by atoms with E-state index in [4.69, 9.17) is 0 Å². The van der Waals surface area contributed by atoms with Crippen LogP contribution in [0.3, 0.4) is 0 Å². The first-order chi connectivity index (χ1) is 6.92. The second kappa shape index (κ2) is 4.38. The second-order valence-electron chi connectivity index (χ2n) is 2.98. The van der Waals surface area contributed by atoms with E-state index in [2.05, 4.69) is 57.3 Å². The summed E-state index contributed by atoms with van der Waals surface area (Å²) in [5.41, 5.74) is 2.23. The number of allylic oxidation sites excluding steroid dienone is 1. The first-order valence-corrected chi connectivity index (χ1v) is 5.60. The van der Waals surface area contributed by atoms with Gasteiger partial charge in [-0.15, -0.1) is 0 Å². The zero-order chi connectivity index (χ0) is 9.80. The fourth-order valence-electron chi connectivity index (χ4n) is 1.43. The standard InChI is InChI=1S/C12H10BrN/c13-8-2-6-10-4-1-5-11-7-3-9-14-12(10)11/h1-7,9H,8H2. The molecule has 0 aliphatic rings. The highest BCUT2D eigenvalue weighted by atomic mass is 79.9. The molecular formula is C12H10BrN. The predicted octanol–water partition coefficient (Wildman–Crippen LogP) is 3.64. The predicted molar refractivity (Wildman–Crippen MR) is 64.6 cm³/mol. The molecule has 0 unspecified atom stereocenters. The van der Waals surface area contributed by atoms with Crippen LogP contribution in [0.1, 0.15) is 5.56 Å². The molecule has 1 aromatic carbocycles. The third kappa shape index (κ3) is 1.85. The van der Waals surface area contributed by atoms with Crippen LogP contribution in [0.25, 0.3) is 17.0 Å². The van der Waals surface area contributed by atoms with Gasteiger partial charge in [0.2, 0.25) is 0 Å². The molecule has 0 fully saturated rings. The van der Waals surface area contributed by atoms with E-state index in [1.807, 2.05) is 12.3 Å². The fraction of sp³-hybridized carbons (Fsp3) is 0.0833. The Morgan fingerprint density at radius 3 is 2.93 bits per heavy atom. The molecular weight excluding hydrogens is 238 g/mol. The van der Waals surface area contributed by atoms with E-state index in [9.17, 15) is 0 Å². The number of aromatic nitrogens is 1. The fourth-order valence-corrected chi connectivity index (χ4v) is 1.62. The number of alkyl halides is 1. The van der Waals surface area contributed by atoms with Crippen molar-refractivity contribution in [2.45, 2.75) is 0 Å². The number of hydrogen-bond acceptors (Lipinski definition) is 1. The molecule has 0 spiro atoms. The molecule has 2 aromatic rings. The van der Waals surface area contributed by atoms with Gasteiger partial charge in [-0.2, -0.15) is 0 Å². The van der Waals surface area contributed by atoms with Gasteiger partial charge in [-0.3, -0.25) is 4.98 Å². The van der Waals surface area contributed by atoms with Gasteiger partial charge in [0.15, 0.2) is 0 Å². The second-order valence-corrected chi connectivity index (χ2v) is 3.63. The summed E-state index contributed by atoms with van der Waals surface area (Å²) >= 11 is 3.36. The van der Waals surface area contributed by atoms with Gasteiger partial charge in [0, 0.05) is 22.5 Å². The molecule has 2 heteroatoms. The van der Waals surface area contributed by atoms with Crippen LogP contribution in [0, 0.1) is 0 Å². The van der Waals surface area contributed by atoms with Gasteiger partial charge in [0.1, 0.15) is 0 Å². The van der Waals surface area contributed by atoms with Crippen LogP contribution in [0.4, 0.5) is 0 Å². The Balaban J connectivity index is 2.59. The van der Waals surface area contributed by atoms with Crippen molar-refractivity contribution in [3.8, 4) is 0 Å². The number of halogens is 1. The Labute approximate surface area is 91.6 Å². The molecule has 2 rings (SSSR count). The molecule has 70 valence electrons. The maximum absolute atomic E-state index is 4.37. The summed E-state index contributed by atoms with van der Waals surface area (Å²) in [5.74, 6) is 0. The van der Waals surface area contributed by atoms with Crippen LogP contribution in [0.15, 0.2) is 42.6 Å². The van der Waals surface area contributed by atoms with Crippen LogP contribution >= 0.6 is 15.9 Å². The number of pyridine rings is 1. The third-order valence-electron chi connectivity index (χ3n) is 2.05. The molecule has 1 aromatic heterocycles. The number of hydrogen-bond donors (Lipinski definition) is 0. The molecule has 0 amide bonds. The zero-order valence-corrected chi connectivity index (χ0v) is 9.24. The normalized spacial score (nSPS) is 11.2. The number of fused-ring (bicyclic) bond motifs is 1. The Morgan fingerprint density at radius 1 is 1.21 bits per heavy atom. The first-order valence-electron chi connectivity index (χ1n) is 4.48. The minimum Gasteiger partial charge on any atom is -0.256 e. The average Bonchev–Trinajstić information content (AvgIpc) is 2.26. The van der Waals surface area contributed by atoms with Gasteiger partial charge in [-0.25, -0.2) is 0 Å². The van der Waals surface area contributed by atoms with Gasteiger partial charge in [0.25, 0.3) is 0 Å². The van der Waals surface area contributed by atoms with Gasteiger partial charge >= 0.3 is 0 Å². The van der Waals surface area contributed by atoms with Crippen molar-refractivity contribution in [3.05, 3.63) is 48.2 Å². The van der Waals surface area contributed by atoms with E-state index < -0.39 is 0 Å². The van der Waals surface area contributed by atoms with Gasteiger partial charge in [-0.1, -0.05) is 52.3 Å². The highest BCUT2D eigenvalue weighted by Crippen LogP contribution is 2.16. The molecule has 1 heterocycles. The lowest BCUT2D eigenvalue weighted by atomic mass is 10.1. The zero-order valence-electron chi connectivity index (χ0n) is 7.65. The van der Waals surface area contributed by atoms with E-state index in [-0.39, 0.29) is 0 Å². The number of para-hydroxylation sites is 1. The Morgan fingerprint density at radius 2 is 2.07 bits per heavy atom. The number of nitrogens with zero attached hydrogens (tertiary/aromatic N) is 1. The summed E-state index contributed by atoms with van der Waals surface area (Å²) in [6.07, 6.45) is 5.99. The molecule has 0 aliphatic heterocycles. The molecule has 0 radical (unpaired) electrons. The third-order valence-corrected chi connectivity index (χ3v) is 2.42. The monoisotopic (exact) mass is 247 g/mol. The van der Waals surface area contributed by atoms with E-state index in [1.54, 1.807) is 0 Å². The minimum atomic E-state index is 0.871. The van der Waals surface area contributed by atoms with Crippen LogP contribution in [0.2, 0.25) is 0 Å². The van der Waals surface area contributed by atoms with E-state index >= 15 is 0 Å². The molecule has 0 bridgehead atoms. The van der Waals surface area contributed by atoms with Gasteiger partial charge in [-0.05, 0) is 6.07 Å². The summed E-state index contributed by atoms with van der Waals surface area (Å²) in [4.78, 5) is 4.37. The van der Waals surface area contributed by atoms with Crippen LogP contribution in [-0.2, 0) is 0 Å². The SMILES string of the molecule is BrCC=Cc1cccc2cccnc12. The maximum Gasteiger partial charge on any atom is 0.0774 e. The Bertz CT molecular complexity index is 457. The lowest BCUT2D eigenvalue weighted by molar-refractivity contribution is 1.40. The molecule has 14 heavy (non-hydrogen) atoms. The van der Waals surface area contributed by atoms with Crippen molar-refractivity contribution < 1.29 is 0 Å². The van der Waals surface area contributed by atoms with Crippen molar-refractivity contribution in [3.63, 3.8) is 0 Å². The van der Waals surface area contributed by atoms with Crippen molar-refractivity contribution >= 4 is 32.9 Å². The van der Waals surface area contributed by atoms with Crippen molar-refractivity contribution in [1.29, 1.82) is 0 Å². The quantitative estimate of drug-likeness (QED) is 0.739. The number of benzene rings is 1. The van der Waals surface area contributed by atoms with Crippen LogP contribution in [0.5, 0.6) is 0 Å². The molecule has 0 N–H and O–H groups in total. The molecule has 1 nitrogen and oxygen atoms in total. The lowest BCUT2D eigenvalue weighted by Crippen LogP contribution is -1.81. The van der Waals surface area contributed by atoms with E-state index in [0.717, 1.165) is 10.8 Å². The van der Waals surface area contributed by atoms with Crippen LogP contribution in [-0.4, -0.2) is 10.3 Å². The maximum atomic E-state index is 4.37. The summed E-state index contributed by atoms with van der Waals surface area (Å²) in [5, 5.41) is 2.06. The molecule has 0 aliphatic carbocycles. The largest absolute Gasteiger partial charge is 0.256 e. The Kier molecular flexibility index (Phi) is 2.94. The van der Waals surface area contributed by atoms with Crippen molar-refractivity contribution in [1.82, 2.24) is 4.98 Å².